The van der Waals surface area contributed by atoms with Gasteiger partial charge in [-0.25, -0.2) is 0 Å². The largest absolute Gasteiger partial charge is 0.399 e. The Morgan fingerprint density at radius 3 is 2.89 bits per heavy atom. The zero-order valence-corrected chi connectivity index (χ0v) is 11.1. The highest BCUT2D eigenvalue weighted by molar-refractivity contribution is 5.86. The van der Waals surface area contributed by atoms with E-state index in [1.165, 1.54) is 0 Å². The van der Waals surface area contributed by atoms with E-state index in [-0.39, 0.29) is 18.4 Å². The van der Waals surface area contributed by atoms with Crippen LogP contribution in [0.15, 0.2) is 24.3 Å². The Balaban J connectivity index is 2.01. The highest BCUT2D eigenvalue weighted by atomic mass is 16.2. The van der Waals surface area contributed by atoms with Gasteiger partial charge in [0.1, 0.15) is 0 Å². The number of benzene rings is 1. The molecule has 0 spiro atoms. The summed E-state index contributed by atoms with van der Waals surface area (Å²) in [5.41, 5.74) is 7.23. The summed E-state index contributed by atoms with van der Waals surface area (Å²) in [5, 5.41) is 0. The number of rotatable bonds is 2. The molecule has 2 N–H and O–H groups in total. The number of hydrogen-bond donors (Lipinski definition) is 1. The molecule has 1 aliphatic heterocycles. The number of likely N-dealkylation sites (N-methyl/N-ethyl adjacent to an activating group) is 1. The minimum atomic E-state index is -0.0192. The monoisotopic (exact) mass is 261 g/mol. The second-order valence-corrected chi connectivity index (χ2v) is 4.91. The summed E-state index contributed by atoms with van der Waals surface area (Å²) < 4.78 is 0. The normalized spacial score (nSPS) is 16.4. The van der Waals surface area contributed by atoms with Crippen LogP contribution >= 0.6 is 0 Å². The predicted molar refractivity (Wildman–Crippen MR) is 73.4 cm³/mol. The first-order valence-electron chi connectivity index (χ1n) is 6.42. The maximum atomic E-state index is 12.2. The zero-order chi connectivity index (χ0) is 13.8. The first-order chi connectivity index (χ1) is 9.06. The van der Waals surface area contributed by atoms with E-state index < -0.39 is 0 Å². The van der Waals surface area contributed by atoms with Crippen LogP contribution in [0, 0.1) is 0 Å². The molecule has 5 heteroatoms. The Labute approximate surface area is 113 Å². The number of anilines is 1. The number of nitrogen functional groups attached to an aromatic ring is 1. The number of carbonyl (C=O) groups is 2. The fraction of sp³-hybridized carbons (Fsp3) is 0.429. The summed E-state index contributed by atoms with van der Waals surface area (Å²) >= 11 is 0. The van der Waals surface area contributed by atoms with Crippen molar-refractivity contribution in [3.05, 3.63) is 29.8 Å². The lowest BCUT2D eigenvalue weighted by Crippen LogP contribution is -2.38. The zero-order valence-electron chi connectivity index (χ0n) is 11.1. The molecular weight excluding hydrogens is 242 g/mol. The van der Waals surface area contributed by atoms with Gasteiger partial charge in [-0.3, -0.25) is 9.59 Å². The van der Waals surface area contributed by atoms with E-state index in [4.69, 9.17) is 5.73 Å². The quantitative estimate of drug-likeness (QED) is 0.788. The van der Waals surface area contributed by atoms with Gasteiger partial charge in [0.15, 0.2) is 0 Å². The minimum absolute atomic E-state index is 0.00146. The highest BCUT2D eigenvalue weighted by Crippen LogP contribution is 2.10. The maximum Gasteiger partial charge on any atom is 0.241 e. The van der Waals surface area contributed by atoms with Crippen molar-refractivity contribution < 1.29 is 9.59 Å². The van der Waals surface area contributed by atoms with Gasteiger partial charge in [0, 0.05) is 25.8 Å². The highest BCUT2D eigenvalue weighted by Gasteiger charge is 2.22. The van der Waals surface area contributed by atoms with Gasteiger partial charge in [-0.2, -0.15) is 0 Å². The molecule has 1 heterocycles. The molecule has 0 unspecified atom stereocenters. The number of hydrogen-bond acceptors (Lipinski definition) is 3. The lowest BCUT2D eigenvalue weighted by Gasteiger charge is -2.19. The van der Waals surface area contributed by atoms with Crippen molar-refractivity contribution in [1.82, 2.24) is 9.80 Å². The first-order valence-corrected chi connectivity index (χ1v) is 6.42. The summed E-state index contributed by atoms with van der Waals surface area (Å²) in [4.78, 5) is 27.3. The molecule has 5 nitrogen and oxygen atoms in total. The first kappa shape index (κ1) is 13.4. The van der Waals surface area contributed by atoms with E-state index in [2.05, 4.69) is 0 Å². The van der Waals surface area contributed by atoms with Gasteiger partial charge >= 0.3 is 0 Å². The van der Waals surface area contributed by atoms with E-state index >= 15 is 0 Å². The fourth-order valence-electron chi connectivity index (χ4n) is 2.19. The smallest absolute Gasteiger partial charge is 0.241 e. The Morgan fingerprint density at radius 1 is 1.37 bits per heavy atom. The van der Waals surface area contributed by atoms with Crippen molar-refractivity contribution in [2.45, 2.75) is 12.8 Å². The van der Waals surface area contributed by atoms with Crippen molar-refractivity contribution in [1.29, 1.82) is 0 Å². The summed E-state index contributed by atoms with van der Waals surface area (Å²) in [7, 11) is 1.77. The third kappa shape index (κ3) is 3.47. The van der Waals surface area contributed by atoms with Crippen molar-refractivity contribution in [2.75, 3.05) is 32.4 Å². The van der Waals surface area contributed by atoms with Crippen molar-refractivity contribution in [3.63, 3.8) is 0 Å². The molecule has 102 valence electrons. The van der Waals surface area contributed by atoms with Crippen LogP contribution in [0.2, 0.25) is 0 Å². The third-order valence-electron chi connectivity index (χ3n) is 3.33. The molecular formula is C14H19N3O2. The Bertz CT molecular complexity index is 487. The molecule has 1 saturated heterocycles. The predicted octanol–water partition coefficient (Wildman–Crippen LogP) is 0.502. The molecule has 1 fully saturated rings. The lowest BCUT2D eigenvalue weighted by atomic mass is 10.1. The Morgan fingerprint density at radius 2 is 2.16 bits per heavy atom. The van der Waals surface area contributed by atoms with Crippen LogP contribution in [0.4, 0.5) is 5.69 Å². The van der Waals surface area contributed by atoms with Crippen LogP contribution in [0.25, 0.3) is 0 Å². The molecule has 0 atom stereocenters. The molecule has 0 bridgehead atoms. The van der Waals surface area contributed by atoms with Crippen LogP contribution in [-0.2, 0) is 16.0 Å². The van der Waals surface area contributed by atoms with Crippen molar-refractivity contribution in [3.8, 4) is 0 Å². The molecule has 2 rings (SSSR count). The van der Waals surface area contributed by atoms with Gasteiger partial charge in [0.25, 0.3) is 0 Å². The van der Waals surface area contributed by atoms with Gasteiger partial charge in [-0.15, -0.1) is 0 Å². The maximum absolute atomic E-state index is 12.2. The molecule has 19 heavy (non-hydrogen) atoms. The number of amides is 2. The molecule has 0 radical (unpaired) electrons. The molecule has 0 aliphatic carbocycles. The van der Waals surface area contributed by atoms with Gasteiger partial charge in [-0.1, -0.05) is 12.1 Å². The third-order valence-corrected chi connectivity index (χ3v) is 3.33. The van der Waals surface area contributed by atoms with Crippen LogP contribution in [0.3, 0.4) is 0 Å². The number of nitrogens with zero attached hydrogens (tertiary/aromatic N) is 2. The number of carbonyl (C=O) groups excluding carboxylic acids is 2. The molecule has 1 aromatic rings. The second kappa shape index (κ2) is 5.73. The average molecular weight is 261 g/mol. The lowest BCUT2D eigenvalue weighted by molar-refractivity contribution is -0.137. The molecule has 1 aliphatic rings. The van der Waals surface area contributed by atoms with Gasteiger partial charge in [0.05, 0.1) is 13.0 Å². The topological polar surface area (TPSA) is 66.6 Å². The summed E-state index contributed by atoms with van der Waals surface area (Å²) in [6, 6.07) is 7.29. The SMILES string of the molecule is CN1CCCN(C(=O)Cc2cccc(N)c2)CC1=O. The minimum Gasteiger partial charge on any atom is -0.399 e. The van der Waals surface area contributed by atoms with Gasteiger partial charge in [0.2, 0.25) is 11.8 Å². The molecule has 0 saturated carbocycles. The molecule has 1 aromatic carbocycles. The van der Waals surface area contributed by atoms with E-state index in [1.54, 1.807) is 29.0 Å². The standard InChI is InChI=1S/C14H19N3O2/c1-16-6-3-7-17(10-14(16)19)13(18)9-11-4-2-5-12(15)8-11/h2,4-5,8H,3,6-7,9-10,15H2,1H3. The van der Waals surface area contributed by atoms with E-state index in [0.717, 1.165) is 12.0 Å². The number of nitrogens with two attached hydrogens (primary N) is 1. The van der Waals surface area contributed by atoms with Crippen molar-refractivity contribution >= 4 is 17.5 Å². The Hall–Kier alpha value is -2.04. The Kier molecular flexibility index (Phi) is 4.04. The molecule has 2 amide bonds. The van der Waals surface area contributed by atoms with Crippen LogP contribution in [0.5, 0.6) is 0 Å². The summed E-state index contributed by atoms with van der Waals surface area (Å²) in [5.74, 6) is -0.0207. The fourth-order valence-corrected chi connectivity index (χ4v) is 2.19. The van der Waals surface area contributed by atoms with E-state index in [9.17, 15) is 9.59 Å². The second-order valence-electron chi connectivity index (χ2n) is 4.91. The van der Waals surface area contributed by atoms with Crippen LogP contribution in [0.1, 0.15) is 12.0 Å². The van der Waals surface area contributed by atoms with E-state index in [0.29, 0.717) is 25.2 Å². The van der Waals surface area contributed by atoms with E-state index in [1.807, 2.05) is 12.1 Å². The average Bonchev–Trinajstić information content (AvgIpc) is 2.52. The van der Waals surface area contributed by atoms with Crippen LogP contribution in [-0.4, -0.2) is 48.3 Å². The van der Waals surface area contributed by atoms with Gasteiger partial charge < -0.3 is 15.5 Å². The van der Waals surface area contributed by atoms with Crippen LogP contribution < -0.4 is 5.73 Å². The van der Waals surface area contributed by atoms with Gasteiger partial charge in [-0.05, 0) is 24.1 Å². The summed E-state index contributed by atoms with van der Waals surface area (Å²) in [6.45, 7) is 1.52. The molecule has 0 aromatic heterocycles. The summed E-state index contributed by atoms with van der Waals surface area (Å²) in [6.07, 6.45) is 1.12. The van der Waals surface area contributed by atoms with Crippen molar-refractivity contribution in [2.24, 2.45) is 0 Å².